The van der Waals surface area contributed by atoms with Gasteiger partial charge in [0, 0.05) is 26.6 Å². The predicted octanol–water partition coefficient (Wildman–Crippen LogP) is 4.57. The number of rotatable bonds is 10. The van der Waals surface area contributed by atoms with Crippen LogP contribution in [0.1, 0.15) is 90.0 Å². The zero-order valence-electron chi connectivity index (χ0n) is 18.1. The summed E-state index contributed by atoms with van der Waals surface area (Å²) in [5.74, 6) is 1.48. The third-order valence-corrected chi connectivity index (χ3v) is 6.70. The maximum Gasteiger partial charge on any atom is 0.228 e. The van der Waals surface area contributed by atoms with Crippen LogP contribution in [0, 0.1) is 11.8 Å². The van der Waals surface area contributed by atoms with Crippen molar-refractivity contribution in [2.45, 2.75) is 84.1 Å². The zero-order valence-corrected chi connectivity index (χ0v) is 18.1. The minimum atomic E-state index is -0.141. The Balaban J connectivity index is 1.66. The van der Waals surface area contributed by atoms with Gasteiger partial charge in [-0.05, 0) is 31.6 Å². The van der Waals surface area contributed by atoms with Gasteiger partial charge in [0.05, 0.1) is 12.1 Å². The van der Waals surface area contributed by atoms with Gasteiger partial charge < -0.3 is 14.2 Å². The van der Waals surface area contributed by atoms with Crippen molar-refractivity contribution in [3.8, 4) is 0 Å². The summed E-state index contributed by atoms with van der Waals surface area (Å²) in [7, 11) is 0. The van der Waals surface area contributed by atoms with E-state index in [0.717, 1.165) is 57.5 Å². The number of hydrogen-bond acceptors (Lipinski definition) is 4. The molecule has 162 valence electrons. The van der Waals surface area contributed by atoms with Gasteiger partial charge in [-0.3, -0.25) is 9.59 Å². The second-order valence-corrected chi connectivity index (χ2v) is 8.80. The van der Waals surface area contributed by atoms with Crippen LogP contribution in [0.5, 0.6) is 0 Å². The van der Waals surface area contributed by atoms with Gasteiger partial charge in [-0.15, -0.1) is 0 Å². The fraction of sp³-hybridized carbons (Fsp3) is 0.783. The molecule has 0 radical (unpaired) electrons. The van der Waals surface area contributed by atoms with Crippen LogP contribution in [0.2, 0.25) is 0 Å². The van der Waals surface area contributed by atoms with Crippen LogP contribution in [0.3, 0.4) is 0 Å². The molecule has 1 aliphatic carbocycles. The molecule has 1 saturated heterocycles. The van der Waals surface area contributed by atoms with E-state index in [1.54, 1.807) is 19.4 Å². The van der Waals surface area contributed by atoms with Gasteiger partial charge in [0.25, 0.3) is 0 Å². The molecule has 3 rings (SSSR count). The van der Waals surface area contributed by atoms with Crippen LogP contribution >= 0.6 is 0 Å². The second-order valence-electron chi connectivity index (χ2n) is 8.80. The minimum absolute atomic E-state index is 0.0640. The molecule has 2 heterocycles. The van der Waals surface area contributed by atoms with Crippen LogP contribution in [-0.4, -0.2) is 46.2 Å². The molecule has 29 heavy (non-hydrogen) atoms. The predicted molar refractivity (Wildman–Crippen MR) is 112 cm³/mol. The molecule has 1 aromatic rings. The molecule has 0 aromatic carbocycles. The summed E-state index contributed by atoms with van der Waals surface area (Å²) in [4.78, 5) is 34.0. The van der Waals surface area contributed by atoms with Crippen molar-refractivity contribution in [1.82, 2.24) is 14.8 Å². The van der Waals surface area contributed by atoms with Crippen molar-refractivity contribution in [2.75, 3.05) is 19.6 Å². The Morgan fingerprint density at radius 3 is 2.72 bits per heavy atom. The molecule has 1 aromatic heterocycles. The van der Waals surface area contributed by atoms with E-state index in [1.807, 2.05) is 9.80 Å². The lowest BCUT2D eigenvalue weighted by molar-refractivity contribution is -0.139. The Labute approximate surface area is 175 Å². The molecule has 2 fully saturated rings. The van der Waals surface area contributed by atoms with Crippen LogP contribution in [0.25, 0.3) is 0 Å². The molecule has 6 nitrogen and oxygen atoms in total. The van der Waals surface area contributed by atoms with Crippen molar-refractivity contribution in [1.29, 1.82) is 0 Å². The Kier molecular flexibility index (Phi) is 8.13. The highest BCUT2D eigenvalue weighted by atomic mass is 16.3. The average molecular weight is 404 g/mol. The highest BCUT2D eigenvalue weighted by Crippen LogP contribution is 2.33. The van der Waals surface area contributed by atoms with E-state index in [-0.39, 0.29) is 23.8 Å². The standard InChI is InChI=1S/C23H37N3O3/c1-3-4-10-20(17-25(18(2)27)15-12-19-8-5-6-9-19)23(28)26-14-7-11-21(26)22-24-13-16-29-22/h13,16,19-21H,3-12,14-15,17H2,1-2H3. The van der Waals surface area contributed by atoms with E-state index < -0.39 is 0 Å². The van der Waals surface area contributed by atoms with Crippen LogP contribution in [0.15, 0.2) is 16.9 Å². The first-order valence-electron chi connectivity index (χ1n) is 11.6. The number of carbonyl (C=O) groups excluding carboxylic acids is 2. The van der Waals surface area contributed by atoms with Crippen molar-refractivity contribution in [2.24, 2.45) is 11.8 Å². The van der Waals surface area contributed by atoms with Crippen LogP contribution in [-0.2, 0) is 9.59 Å². The topological polar surface area (TPSA) is 66.7 Å². The molecule has 1 aliphatic heterocycles. The lowest BCUT2D eigenvalue weighted by atomic mass is 9.98. The lowest BCUT2D eigenvalue weighted by Crippen LogP contribution is -2.43. The molecular formula is C23H37N3O3. The minimum Gasteiger partial charge on any atom is -0.447 e. The summed E-state index contributed by atoms with van der Waals surface area (Å²) in [5.41, 5.74) is 0. The first-order valence-corrected chi connectivity index (χ1v) is 11.6. The van der Waals surface area contributed by atoms with Crippen molar-refractivity contribution >= 4 is 11.8 Å². The Bertz CT molecular complexity index is 640. The molecule has 2 aliphatic rings. The first kappa shape index (κ1) is 21.8. The number of amides is 2. The maximum absolute atomic E-state index is 13.5. The second kappa shape index (κ2) is 10.8. The van der Waals surface area contributed by atoms with Gasteiger partial charge in [-0.25, -0.2) is 4.98 Å². The Morgan fingerprint density at radius 1 is 1.28 bits per heavy atom. The Hall–Kier alpha value is -1.85. The SMILES string of the molecule is CCCCC(CN(CCC1CCCC1)C(C)=O)C(=O)N1CCCC1c1ncco1. The normalized spacial score (nSPS) is 20.9. The Morgan fingerprint density at radius 2 is 2.07 bits per heavy atom. The van der Waals surface area contributed by atoms with Crippen molar-refractivity contribution in [3.05, 3.63) is 18.4 Å². The van der Waals surface area contributed by atoms with E-state index in [4.69, 9.17) is 4.42 Å². The van der Waals surface area contributed by atoms with Gasteiger partial charge in [-0.2, -0.15) is 0 Å². The molecule has 0 spiro atoms. The number of aromatic nitrogens is 1. The van der Waals surface area contributed by atoms with Crippen molar-refractivity contribution < 1.29 is 14.0 Å². The molecule has 2 unspecified atom stereocenters. The number of unbranched alkanes of at least 4 members (excludes halogenated alkanes) is 1. The summed E-state index contributed by atoms with van der Waals surface area (Å²) in [5, 5.41) is 0. The van der Waals surface area contributed by atoms with E-state index >= 15 is 0 Å². The van der Waals surface area contributed by atoms with Gasteiger partial charge in [0.1, 0.15) is 12.3 Å². The summed E-state index contributed by atoms with van der Waals surface area (Å²) < 4.78 is 5.50. The zero-order chi connectivity index (χ0) is 20.6. The summed E-state index contributed by atoms with van der Waals surface area (Å²) >= 11 is 0. The van der Waals surface area contributed by atoms with E-state index in [0.29, 0.717) is 12.4 Å². The van der Waals surface area contributed by atoms with Gasteiger partial charge >= 0.3 is 0 Å². The molecule has 6 heteroatoms. The van der Waals surface area contributed by atoms with Gasteiger partial charge in [-0.1, -0.05) is 45.4 Å². The molecule has 2 amide bonds. The highest BCUT2D eigenvalue weighted by molar-refractivity contribution is 5.81. The molecule has 1 saturated carbocycles. The van der Waals surface area contributed by atoms with Crippen LogP contribution < -0.4 is 0 Å². The fourth-order valence-electron chi connectivity index (χ4n) is 4.94. The monoisotopic (exact) mass is 403 g/mol. The molecule has 2 atom stereocenters. The number of oxazole rings is 1. The fourth-order valence-corrected chi connectivity index (χ4v) is 4.94. The van der Waals surface area contributed by atoms with E-state index in [1.165, 1.54) is 25.7 Å². The van der Waals surface area contributed by atoms with E-state index in [9.17, 15) is 9.59 Å². The largest absolute Gasteiger partial charge is 0.447 e. The molecule has 0 N–H and O–H groups in total. The summed E-state index contributed by atoms with van der Waals surface area (Å²) in [6, 6.07) is -0.0640. The van der Waals surface area contributed by atoms with Gasteiger partial charge in [0.15, 0.2) is 0 Å². The van der Waals surface area contributed by atoms with Gasteiger partial charge in [0.2, 0.25) is 17.7 Å². The van der Waals surface area contributed by atoms with Crippen LogP contribution in [0.4, 0.5) is 0 Å². The summed E-state index contributed by atoms with van der Waals surface area (Å²) in [6.45, 7) is 5.85. The number of carbonyl (C=O) groups is 2. The maximum atomic E-state index is 13.5. The van der Waals surface area contributed by atoms with Crippen molar-refractivity contribution in [3.63, 3.8) is 0 Å². The molecule has 0 bridgehead atoms. The third kappa shape index (κ3) is 5.83. The highest BCUT2D eigenvalue weighted by Gasteiger charge is 2.36. The smallest absolute Gasteiger partial charge is 0.228 e. The quantitative estimate of drug-likeness (QED) is 0.574. The lowest BCUT2D eigenvalue weighted by Gasteiger charge is -2.31. The van der Waals surface area contributed by atoms with E-state index in [2.05, 4.69) is 11.9 Å². The number of likely N-dealkylation sites (tertiary alicyclic amines) is 1. The number of nitrogens with zero attached hydrogens (tertiary/aromatic N) is 3. The first-order chi connectivity index (χ1) is 14.1. The average Bonchev–Trinajstić information content (AvgIpc) is 3.48. The molecular weight excluding hydrogens is 366 g/mol. The third-order valence-electron chi connectivity index (χ3n) is 6.70. The number of hydrogen-bond donors (Lipinski definition) is 0. The summed E-state index contributed by atoms with van der Waals surface area (Å²) in [6.07, 6.45) is 14.2.